The number of halogens is 4. The van der Waals surface area contributed by atoms with E-state index in [9.17, 15) is 22.4 Å². The van der Waals surface area contributed by atoms with E-state index < -0.39 is 30.4 Å². The molecular formula is C14H16F4N2O. The third-order valence-corrected chi connectivity index (χ3v) is 3.58. The van der Waals surface area contributed by atoms with E-state index in [0.717, 1.165) is 24.5 Å². The molecule has 7 heteroatoms. The number of hydrogen-bond donors (Lipinski definition) is 2. The van der Waals surface area contributed by atoms with Crippen LogP contribution in [0.1, 0.15) is 42.7 Å². The zero-order valence-electron chi connectivity index (χ0n) is 11.4. The van der Waals surface area contributed by atoms with Crippen molar-refractivity contribution in [3.63, 3.8) is 0 Å². The first kappa shape index (κ1) is 15.6. The van der Waals surface area contributed by atoms with Gasteiger partial charge >= 0.3 is 0 Å². The van der Waals surface area contributed by atoms with Crippen LogP contribution in [-0.2, 0) is 4.79 Å². The normalized spacial score (nSPS) is 17.6. The SMILES string of the molecule is CC(C(=O)NC(F)C(F)F)c1cc(F)c(N)cc1C1CC1. The molecule has 0 spiro atoms. The van der Waals surface area contributed by atoms with Crippen molar-refractivity contribution in [2.45, 2.75) is 44.3 Å². The van der Waals surface area contributed by atoms with Crippen molar-refractivity contribution in [3.05, 3.63) is 29.1 Å². The van der Waals surface area contributed by atoms with Crippen LogP contribution in [-0.4, -0.2) is 18.6 Å². The summed E-state index contributed by atoms with van der Waals surface area (Å²) in [6, 6.07) is 2.59. The van der Waals surface area contributed by atoms with Crippen molar-refractivity contribution in [1.29, 1.82) is 0 Å². The smallest absolute Gasteiger partial charge is 0.287 e. The Morgan fingerprint density at radius 2 is 1.95 bits per heavy atom. The summed E-state index contributed by atoms with van der Waals surface area (Å²) in [6.45, 7) is 1.42. The summed E-state index contributed by atoms with van der Waals surface area (Å²) in [7, 11) is 0. The summed E-state index contributed by atoms with van der Waals surface area (Å²) in [5.74, 6) is -2.34. The minimum atomic E-state index is -3.30. The maximum Gasteiger partial charge on any atom is 0.287 e. The van der Waals surface area contributed by atoms with Gasteiger partial charge < -0.3 is 11.1 Å². The lowest BCUT2D eigenvalue weighted by Crippen LogP contribution is -2.39. The second-order valence-electron chi connectivity index (χ2n) is 5.24. The number of nitrogens with one attached hydrogen (secondary N) is 1. The molecule has 1 aliphatic rings. The molecule has 3 N–H and O–H groups in total. The van der Waals surface area contributed by atoms with Crippen molar-refractivity contribution in [2.24, 2.45) is 0 Å². The van der Waals surface area contributed by atoms with E-state index in [2.05, 4.69) is 0 Å². The van der Waals surface area contributed by atoms with E-state index in [4.69, 9.17) is 5.73 Å². The van der Waals surface area contributed by atoms with Crippen LogP contribution in [0.2, 0.25) is 0 Å². The third-order valence-electron chi connectivity index (χ3n) is 3.58. The van der Waals surface area contributed by atoms with Gasteiger partial charge in [0, 0.05) is 0 Å². The van der Waals surface area contributed by atoms with Crippen LogP contribution in [0.15, 0.2) is 12.1 Å². The number of rotatable bonds is 5. The Kier molecular flexibility index (Phi) is 4.39. The second kappa shape index (κ2) is 5.91. The molecular weight excluding hydrogens is 288 g/mol. The molecule has 1 aromatic carbocycles. The number of nitrogens with two attached hydrogens (primary N) is 1. The number of amides is 1. The topological polar surface area (TPSA) is 55.1 Å². The van der Waals surface area contributed by atoms with Gasteiger partial charge in [-0.3, -0.25) is 4.79 Å². The number of benzene rings is 1. The van der Waals surface area contributed by atoms with E-state index in [0.29, 0.717) is 5.56 Å². The van der Waals surface area contributed by atoms with E-state index in [1.54, 1.807) is 5.32 Å². The molecule has 0 radical (unpaired) electrons. The summed E-state index contributed by atoms with van der Waals surface area (Å²) in [5.41, 5.74) is 6.58. The van der Waals surface area contributed by atoms with Crippen molar-refractivity contribution in [2.75, 3.05) is 5.73 Å². The van der Waals surface area contributed by atoms with Gasteiger partial charge in [0.1, 0.15) is 5.82 Å². The number of hydrogen-bond acceptors (Lipinski definition) is 2. The zero-order valence-corrected chi connectivity index (χ0v) is 11.4. The maximum absolute atomic E-state index is 13.6. The molecule has 2 unspecified atom stereocenters. The van der Waals surface area contributed by atoms with E-state index in [1.165, 1.54) is 13.0 Å². The van der Waals surface area contributed by atoms with E-state index >= 15 is 0 Å². The highest BCUT2D eigenvalue weighted by atomic mass is 19.3. The van der Waals surface area contributed by atoms with Crippen LogP contribution in [0.3, 0.4) is 0 Å². The number of alkyl halides is 3. The van der Waals surface area contributed by atoms with Crippen molar-refractivity contribution < 1.29 is 22.4 Å². The van der Waals surface area contributed by atoms with Gasteiger partial charge in [-0.2, -0.15) is 0 Å². The van der Waals surface area contributed by atoms with Crippen LogP contribution in [0.4, 0.5) is 23.2 Å². The van der Waals surface area contributed by atoms with Crippen LogP contribution in [0.5, 0.6) is 0 Å². The van der Waals surface area contributed by atoms with E-state index in [-0.39, 0.29) is 11.6 Å². The summed E-state index contributed by atoms with van der Waals surface area (Å²) < 4.78 is 50.7. The quantitative estimate of drug-likeness (QED) is 0.499. The number of nitrogen functional groups attached to an aromatic ring is 1. The standard InChI is InChI=1S/C14H16F4N2O/c1-6(14(21)20-13(18)12(16)17)8-4-10(15)11(19)5-9(8)7-2-3-7/h4-7,12-13H,2-3,19H2,1H3,(H,20,21). The molecule has 1 aliphatic carbocycles. The largest absolute Gasteiger partial charge is 0.396 e. The number of carbonyl (C=O) groups is 1. The Hall–Kier alpha value is -1.79. The minimum Gasteiger partial charge on any atom is -0.396 e. The Morgan fingerprint density at radius 3 is 2.48 bits per heavy atom. The predicted molar refractivity (Wildman–Crippen MR) is 70.2 cm³/mol. The van der Waals surface area contributed by atoms with Crippen molar-refractivity contribution in [1.82, 2.24) is 5.32 Å². The Morgan fingerprint density at radius 1 is 1.33 bits per heavy atom. The fourth-order valence-electron chi connectivity index (χ4n) is 2.21. The molecule has 2 atom stereocenters. The average Bonchev–Trinajstić information content (AvgIpc) is 3.24. The van der Waals surface area contributed by atoms with Gasteiger partial charge in [0.25, 0.3) is 6.43 Å². The lowest BCUT2D eigenvalue weighted by molar-refractivity contribution is -0.126. The highest BCUT2D eigenvalue weighted by molar-refractivity contribution is 5.84. The molecule has 21 heavy (non-hydrogen) atoms. The van der Waals surface area contributed by atoms with Crippen LogP contribution >= 0.6 is 0 Å². The highest BCUT2D eigenvalue weighted by Gasteiger charge is 2.31. The maximum atomic E-state index is 13.6. The Bertz CT molecular complexity index is 546. The predicted octanol–water partition coefficient (Wildman–Crippen LogP) is 3.07. The average molecular weight is 304 g/mol. The first-order valence-electron chi connectivity index (χ1n) is 6.62. The molecule has 0 aliphatic heterocycles. The van der Waals surface area contributed by atoms with Gasteiger partial charge in [-0.1, -0.05) is 0 Å². The molecule has 0 aromatic heterocycles. The van der Waals surface area contributed by atoms with Crippen LogP contribution < -0.4 is 11.1 Å². The highest BCUT2D eigenvalue weighted by Crippen LogP contribution is 2.44. The summed E-state index contributed by atoms with van der Waals surface area (Å²) in [6.07, 6.45) is -4.24. The molecule has 2 rings (SSSR count). The van der Waals surface area contributed by atoms with Gasteiger partial charge in [-0.15, -0.1) is 0 Å². The third kappa shape index (κ3) is 3.46. The van der Waals surface area contributed by atoms with Gasteiger partial charge in [0.05, 0.1) is 11.6 Å². The summed E-state index contributed by atoms with van der Waals surface area (Å²) in [5, 5.41) is 1.59. The molecule has 0 bridgehead atoms. The fourth-order valence-corrected chi connectivity index (χ4v) is 2.21. The summed E-state index contributed by atoms with van der Waals surface area (Å²) >= 11 is 0. The van der Waals surface area contributed by atoms with Crippen molar-refractivity contribution >= 4 is 11.6 Å². The van der Waals surface area contributed by atoms with Gasteiger partial charge in [-0.25, -0.2) is 17.6 Å². The zero-order chi connectivity index (χ0) is 15.7. The van der Waals surface area contributed by atoms with Gasteiger partial charge in [-0.05, 0) is 48.9 Å². The fraction of sp³-hybridized carbons (Fsp3) is 0.500. The molecule has 1 amide bonds. The van der Waals surface area contributed by atoms with Gasteiger partial charge in [0.2, 0.25) is 12.2 Å². The summed E-state index contributed by atoms with van der Waals surface area (Å²) in [4.78, 5) is 11.8. The first-order chi connectivity index (χ1) is 9.81. The minimum absolute atomic E-state index is 0.0239. The second-order valence-corrected chi connectivity index (χ2v) is 5.24. The van der Waals surface area contributed by atoms with Gasteiger partial charge in [0.15, 0.2) is 0 Å². The van der Waals surface area contributed by atoms with E-state index in [1.807, 2.05) is 0 Å². The molecule has 0 saturated heterocycles. The molecule has 116 valence electrons. The van der Waals surface area contributed by atoms with Crippen LogP contribution in [0.25, 0.3) is 0 Å². The monoisotopic (exact) mass is 304 g/mol. The molecule has 1 saturated carbocycles. The first-order valence-corrected chi connectivity index (χ1v) is 6.62. The Labute approximate surface area is 119 Å². The number of anilines is 1. The Balaban J connectivity index is 2.23. The molecule has 1 aromatic rings. The number of carbonyl (C=O) groups excluding carboxylic acids is 1. The molecule has 1 fully saturated rings. The van der Waals surface area contributed by atoms with Crippen molar-refractivity contribution in [3.8, 4) is 0 Å². The lowest BCUT2D eigenvalue weighted by Gasteiger charge is -2.18. The van der Waals surface area contributed by atoms with Crippen LogP contribution in [0, 0.1) is 5.82 Å². The molecule has 0 heterocycles. The lowest BCUT2D eigenvalue weighted by atomic mass is 9.91. The molecule has 3 nitrogen and oxygen atoms in total.